The van der Waals surface area contributed by atoms with Crippen LogP contribution >= 0.6 is 0 Å². The third-order valence-electron chi connectivity index (χ3n) is 2.72. The summed E-state index contributed by atoms with van der Waals surface area (Å²) in [5, 5.41) is 3.39. The zero-order valence-corrected chi connectivity index (χ0v) is 10.3. The van der Waals surface area contributed by atoms with Gasteiger partial charge >= 0.3 is 0 Å². The number of rotatable bonds is 5. The Kier molecular flexibility index (Phi) is 4.36. The van der Waals surface area contributed by atoms with Gasteiger partial charge in [0.25, 0.3) is 0 Å². The van der Waals surface area contributed by atoms with E-state index in [2.05, 4.69) is 22.2 Å². The van der Waals surface area contributed by atoms with Gasteiger partial charge in [-0.25, -0.2) is 14.4 Å². The van der Waals surface area contributed by atoms with E-state index >= 15 is 0 Å². The molecule has 1 unspecified atom stereocenters. The monoisotopic (exact) mass is 245 g/mol. The summed E-state index contributed by atoms with van der Waals surface area (Å²) in [5.74, 6) is -0.194. The van der Waals surface area contributed by atoms with Crippen molar-refractivity contribution in [2.24, 2.45) is 0 Å². The maximum atomic E-state index is 12.8. The molecule has 1 atom stereocenters. The average Bonchev–Trinajstić information content (AvgIpc) is 2.40. The van der Waals surface area contributed by atoms with Crippen molar-refractivity contribution < 1.29 is 4.39 Å². The van der Waals surface area contributed by atoms with Gasteiger partial charge in [0.15, 0.2) is 0 Å². The topological polar surface area (TPSA) is 37.8 Å². The van der Waals surface area contributed by atoms with E-state index in [1.165, 1.54) is 18.5 Å². The van der Waals surface area contributed by atoms with Gasteiger partial charge in [0.1, 0.15) is 12.1 Å². The van der Waals surface area contributed by atoms with Crippen LogP contribution in [0.1, 0.15) is 18.1 Å². The molecule has 0 saturated carbocycles. The van der Waals surface area contributed by atoms with E-state index in [1.807, 2.05) is 12.1 Å². The van der Waals surface area contributed by atoms with Gasteiger partial charge in [-0.3, -0.25) is 0 Å². The van der Waals surface area contributed by atoms with Crippen LogP contribution in [0.25, 0.3) is 0 Å². The van der Waals surface area contributed by atoms with Crippen molar-refractivity contribution in [1.29, 1.82) is 0 Å². The first kappa shape index (κ1) is 12.6. The second-order valence-corrected chi connectivity index (χ2v) is 4.36. The summed E-state index contributed by atoms with van der Waals surface area (Å²) in [5.41, 5.74) is 2.18. The van der Waals surface area contributed by atoms with E-state index < -0.39 is 0 Å². The molecule has 0 fully saturated rings. The Labute approximate surface area is 106 Å². The molecule has 94 valence electrons. The SMILES string of the molecule is CC(Cc1ccc(F)cc1)NCc1cncnc1. The third kappa shape index (κ3) is 3.89. The molecule has 0 radical (unpaired) electrons. The molecule has 1 N–H and O–H groups in total. The van der Waals surface area contributed by atoms with Crippen LogP contribution in [0.4, 0.5) is 4.39 Å². The third-order valence-corrected chi connectivity index (χ3v) is 2.72. The minimum Gasteiger partial charge on any atom is -0.310 e. The van der Waals surface area contributed by atoms with Crippen LogP contribution < -0.4 is 5.32 Å². The van der Waals surface area contributed by atoms with Crippen LogP contribution in [0.3, 0.4) is 0 Å². The second-order valence-electron chi connectivity index (χ2n) is 4.36. The van der Waals surface area contributed by atoms with Gasteiger partial charge in [0.2, 0.25) is 0 Å². The Morgan fingerprint density at radius 2 is 1.78 bits per heavy atom. The minimum atomic E-state index is -0.194. The lowest BCUT2D eigenvalue weighted by molar-refractivity contribution is 0.543. The van der Waals surface area contributed by atoms with Crippen LogP contribution in [0.2, 0.25) is 0 Å². The quantitative estimate of drug-likeness (QED) is 0.878. The fraction of sp³-hybridized carbons (Fsp3) is 0.286. The van der Waals surface area contributed by atoms with Crippen LogP contribution in [0, 0.1) is 5.82 Å². The van der Waals surface area contributed by atoms with Gasteiger partial charge in [-0.1, -0.05) is 12.1 Å². The van der Waals surface area contributed by atoms with Crippen LogP contribution in [-0.4, -0.2) is 16.0 Å². The molecule has 0 aliphatic rings. The van der Waals surface area contributed by atoms with Gasteiger partial charge in [-0.2, -0.15) is 0 Å². The molecule has 0 amide bonds. The van der Waals surface area contributed by atoms with Gasteiger partial charge < -0.3 is 5.32 Å². The summed E-state index contributed by atoms with van der Waals surface area (Å²) in [6, 6.07) is 6.94. The summed E-state index contributed by atoms with van der Waals surface area (Å²) in [7, 11) is 0. The van der Waals surface area contributed by atoms with Gasteiger partial charge in [0, 0.05) is 30.5 Å². The van der Waals surface area contributed by atoms with Crippen molar-refractivity contribution in [3.63, 3.8) is 0 Å². The zero-order valence-electron chi connectivity index (χ0n) is 10.3. The first-order valence-electron chi connectivity index (χ1n) is 5.96. The molecule has 0 saturated heterocycles. The van der Waals surface area contributed by atoms with Gasteiger partial charge in [-0.15, -0.1) is 0 Å². The minimum absolute atomic E-state index is 0.194. The maximum absolute atomic E-state index is 12.8. The standard InChI is InChI=1S/C14H16FN3/c1-11(6-12-2-4-14(15)5-3-12)18-9-13-7-16-10-17-8-13/h2-5,7-8,10-11,18H,6,9H2,1H3. The highest BCUT2D eigenvalue weighted by Crippen LogP contribution is 2.06. The molecule has 0 aliphatic carbocycles. The molecule has 18 heavy (non-hydrogen) atoms. The lowest BCUT2D eigenvalue weighted by Crippen LogP contribution is -2.27. The van der Waals surface area contributed by atoms with Crippen molar-refractivity contribution in [2.75, 3.05) is 0 Å². The van der Waals surface area contributed by atoms with Crippen molar-refractivity contribution in [2.45, 2.75) is 25.9 Å². The second kappa shape index (κ2) is 6.21. The molecule has 0 bridgehead atoms. The Balaban J connectivity index is 1.82. The van der Waals surface area contributed by atoms with Crippen LogP contribution in [-0.2, 0) is 13.0 Å². The Morgan fingerprint density at radius 3 is 2.44 bits per heavy atom. The molecule has 2 rings (SSSR count). The Bertz CT molecular complexity index is 470. The smallest absolute Gasteiger partial charge is 0.123 e. The predicted molar refractivity (Wildman–Crippen MR) is 68.4 cm³/mol. The van der Waals surface area contributed by atoms with E-state index in [0.29, 0.717) is 6.04 Å². The highest BCUT2D eigenvalue weighted by Gasteiger charge is 2.03. The number of aromatic nitrogens is 2. The van der Waals surface area contributed by atoms with E-state index in [0.717, 1.165) is 24.1 Å². The normalized spacial score (nSPS) is 12.3. The molecule has 2 aromatic rings. The molecule has 1 heterocycles. The van der Waals surface area contributed by atoms with Crippen molar-refractivity contribution in [1.82, 2.24) is 15.3 Å². The lowest BCUT2D eigenvalue weighted by atomic mass is 10.1. The maximum Gasteiger partial charge on any atom is 0.123 e. The summed E-state index contributed by atoms with van der Waals surface area (Å²) in [4.78, 5) is 7.93. The molecular weight excluding hydrogens is 229 g/mol. The fourth-order valence-corrected chi connectivity index (χ4v) is 1.76. The molecule has 1 aromatic carbocycles. The number of nitrogens with zero attached hydrogens (tertiary/aromatic N) is 2. The molecule has 0 spiro atoms. The summed E-state index contributed by atoms with van der Waals surface area (Å²) < 4.78 is 12.8. The van der Waals surface area contributed by atoms with Gasteiger partial charge in [-0.05, 0) is 31.0 Å². The van der Waals surface area contributed by atoms with Gasteiger partial charge in [0.05, 0.1) is 0 Å². The number of halogens is 1. The highest BCUT2D eigenvalue weighted by atomic mass is 19.1. The van der Waals surface area contributed by atoms with E-state index in [4.69, 9.17) is 0 Å². The number of benzene rings is 1. The number of hydrogen-bond acceptors (Lipinski definition) is 3. The largest absolute Gasteiger partial charge is 0.310 e. The molecule has 0 aliphatic heterocycles. The Morgan fingerprint density at radius 1 is 1.11 bits per heavy atom. The van der Waals surface area contributed by atoms with Crippen LogP contribution in [0.5, 0.6) is 0 Å². The molecule has 1 aromatic heterocycles. The van der Waals surface area contributed by atoms with E-state index in [1.54, 1.807) is 12.4 Å². The zero-order chi connectivity index (χ0) is 12.8. The molecule has 3 nitrogen and oxygen atoms in total. The average molecular weight is 245 g/mol. The molecule has 4 heteroatoms. The predicted octanol–water partition coefficient (Wildman–Crippen LogP) is 2.34. The first-order valence-corrected chi connectivity index (χ1v) is 5.96. The van der Waals surface area contributed by atoms with Crippen molar-refractivity contribution in [3.8, 4) is 0 Å². The first-order chi connectivity index (χ1) is 8.74. The van der Waals surface area contributed by atoms with Crippen molar-refractivity contribution in [3.05, 3.63) is 59.9 Å². The van der Waals surface area contributed by atoms with E-state index in [9.17, 15) is 4.39 Å². The van der Waals surface area contributed by atoms with Crippen LogP contribution in [0.15, 0.2) is 43.0 Å². The fourth-order valence-electron chi connectivity index (χ4n) is 1.76. The summed E-state index contributed by atoms with van der Waals surface area (Å²) in [6.07, 6.45) is 5.98. The number of nitrogens with one attached hydrogen (secondary N) is 1. The summed E-state index contributed by atoms with van der Waals surface area (Å²) >= 11 is 0. The lowest BCUT2D eigenvalue weighted by Gasteiger charge is -2.13. The highest BCUT2D eigenvalue weighted by molar-refractivity contribution is 5.17. The number of hydrogen-bond donors (Lipinski definition) is 1. The summed E-state index contributed by atoms with van der Waals surface area (Å²) in [6.45, 7) is 2.84. The van der Waals surface area contributed by atoms with E-state index in [-0.39, 0.29) is 5.82 Å². The Hall–Kier alpha value is -1.81. The molecular formula is C14H16FN3. The van der Waals surface area contributed by atoms with Crippen molar-refractivity contribution >= 4 is 0 Å².